The largest absolute Gasteiger partial charge is 0.499 e. The average molecular weight is 444 g/mol. The van der Waals surface area contributed by atoms with Gasteiger partial charge in [-0.2, -0.15) is 0 Å². The van der Waals surface area contributed by atoms with Gasteiger partial charge in [0.15, 0.2) is 3.79 Å². The summed E-state index contributed by atoms with van der Waals surface area (Å²) in [6.07, 6.45) is 2.31. The molecule has 27 heavy (non-hydrogen) atoms. The fourth-order valence-corrected chi connectivity index (χ4v) is 2.38. The molecular weight excluding hydrogens is 415 g/mol. The SMILES string of the molecule is CC(C)C.CCCC(=O)NC(CCC(Cl)(Cl)Cl)C(=O)N1CC(OC)=CC1=O. The second kappa shape index (κ2) is 12.5. The molecule has 1 rings (SSSR count). The number of methoxy groups -OCH3 is 1. The molecule has 0 aliphatic carbocycles. The molecule has 1 N–H and O–H groups in total. The van der Waals surface area contributed by atoms with Crippen LogP contribution in [0.3, 0.4) is 0 Å². The number of hydrogen-bond acceptors (Lipinski definition) is 4. The molecule has 6 nitrogen and oxygen atoms in total. The van der Waals surface area contributed by atoms with E-state index in [1.165, 1.54) is 13.2 Å². The zero-order chi connectivity index (χ0) is 21.2. The zero-order valence-corrected chi connectivity index (χ0v) is 18.7. The number of rotatable bonds is 7. The molecule has 0 saturated carbocycles. The molecule has 0 radical (unpaired) electrons. The van der Waals surface area contributed by atoms with E-state index < -0.39 is 21.6 Å². The van der Waals surface area contributed by atoms with Gasteiger partial charge in [0.05, 0.1) is 13.7 Å². The Hall–Kier alpha value is -0.980. The Kier molecular flexibility index (Phi) is 12.0. The van der Waals surface area contributed by atoms with Crippen LogP contribution in [0.15, 0.2) is 11.8 Å². The molecule has 0 saturated heterocycles. The first-order chi connectivity index (χ1) is 12.4. The number of carbonyl (C=O) groups is 3. The van der Waals surface area contributed by atoms with Crippen LogP contribution in [0.2, 0.25) is 0 Å². The second-order valence-corrected chi connectivity index (χ2v) is 9.35. The lowest BCUT2D eigenvalue weighted by atomic mass is 10.1. The Morgan fingerprint density at radius 3 is 2.26 bits per heavy atom. The summed E-state index contributed by atoms with van der Waals surface area (Å²) in [5, 5.41) is 2.60. The van der Waals surface area contributed by atoms with Gasteiger partial charge < -0.3 is 10.1 Å². The van der Waals surface area contributed by atoms with Crippen LogP contribution >= 0.6 is 34.8 Å². The highest BCUT2D eigenvalue weighted by Crippen LogP contribution is 2.32. The molecule has 0 aromatic rings. The van der Waals surface area contributed by atoms with E-state index in [1.807, 2.05) is 6.92 Å². The van der Waals surface area contributed by atoms with Crippen molar-refractivity contribution in [2.24, 2.45) is 5.92 Å². The summed E-state index contributed by atoms with van der Waals surface area (Å²) >= 11 is 17.1. The molecule has 0 bridgehead atoms. The van der Waals surface area contributed by atoms with Crippen LogP contribution < -0.4 is 5.32 Å². The number of amides is 3. The monoisotopic (exact) mass is 442 g/mol. The number of alkyl halides is 3. The van der Waals surface area contributed by atoms with E-state index in [0.717, 1.165) is 10.8 Å². The van der Waals surface area contributed by atoms with Crippen molar-refractivity contribution in [1.29, 1.82) is 0 Å². The third-order valence-electron chi connectivity index (χ3n) is 3.22. The number of imide groups is 1. The highest BCUT2D eigenvalue weighted by atomic mass is 35.6. The normalized spacial score (nSPS) is 15.1. The molecule has 1 aliphatic rings. The van der Waals surface area contributed by atoms with Crippen molar-refractivity contribution in [3.8, 4) is 0 Å². The van der Waals surface area contributed by atoms with Crippen LogP contribution in [0.1, 0.15) is 53.4 Å². The van der Waals surface area contributed by atoms with Crippen molar-refractivity contribution < 1.29 is 19.1 Å². The van der Waals surface area contributed by atoms with Crippen LogP contribution in [0.25, 0.3) is 0 Å². The van der Waals surface area contributed by atoms with E-state index >= 15 is 0 Å². The van der Waals surface area contributed by atoms with E-state index in [0.29, 0.717) is 12.2 Å². The van der Waals surface area contributed by atoms with E-state index in [1.54, 1.807) is 0 Å². The van der Waals surface area contributed by atoms with Crippen molar-refractivity contribution in [3.05, 3.63) is 11.8 Å². The Labute approximate surface area is 176 Å². The van der Waals surface area contributed by atoms with Gasteiger partial charge in [0.1, 0.15) is 11.8 Å². The molecule has 9 heteroatoms. The molecule has 0 spiro atoms. The molecule has 1 unspecified atom stereocenters. The maximum absolute atomic E-state index is 12.5. The Morgan fingerprint density at radius 1 is 1.30 bits per heavy atom. The number of nitrogens with one attached hydrogen (secondary N) is 1. The smallest absolute Gasteiger partial charge is 0.257 e. The lowest BCUT2D eigenvalue weighted by molar-refractivity contribution is -0.143. The van der Waals surface area contributed by atoms with Gasteiger partial charge in [-0.3, -0.25) is 19.3 Å². The molecule has 0 fully saturated rings. The van der Waals surface area contributed by atoms with E-state index in [2.05, 4.69) is 26.1 Å². The van der Waals surface area contributed by atoms with Crippen LogP contribution in [-0.2, 0) is 19.1 Å². The molecule has 1 atom stereocenters. The summed E-state index contributed by atoms with van der Waals surface area (Å²) in [4.78, 5) is 37.2. The van der Waals surface area contributed by atoms with Crippen LogP contribution in [0, 0.1) is 5.92 Å². The third kappa shape index (κ3) is 11.5. The summed E-state index contributed by atoms with van der Waals surface area (Å²) < 4.78 is 3.43. The topological polar surface area (TPSA) is 75.7 Å². The molecule has 0 aromatic heterocycles. The number of carbonyl (C=O) groups excluding carboxylic acids is 3. The van der Waals surface area contributed by atoms with Gasteiger partial charge in [-0.1, -0.05) is 62.5 Å². The molecule has 3 amide bonds. The Balaban J connectivity index is 0.00000153. The predicted molar refractivity (Wildman–Crippen MR) is 109 cm³/mol. The summed E-state index contributed by atoms with van der Waals surface area (Å²) in [5.74, 6) is -0.113. The minimum atomic E-state index is -1.54. The number of ether oxygens (including phenoxy) is 1. The fraction of sp³-hybridized carbons (Fsp3) is 0.722. The van der Waals surface area contributed by atoms with Crippen molar-refractivity contribution in [1.82, 2.24) is 10.2 Å². The highest BCUT2D eigenvalue weighted by molar-refractivity contribution is 6.67. The van der Waals surface area contributed by atoms with Gasteiger partial charge in [-0.15, -0.1) is 0 Å². The minimum Gasteiger partial charge on any atom is -0.499 e. The zero-order valence-electron chi connectivity index (χ0n) is 16.5. The highest BCUT2D eigenvalue weighted by Gasteiger charge is 2.35. The number of halogens is 3. The molecular formula is C18H29Cl3N2O4. The van der Waals surface area contributed by atoms with Gasteiger partial charge in [0.2, 0.25) is 5.91 Å². The summed E-state index contributed by atoms with van der Waals surface area (Å²) in [7, 11) is 1.41. The average Bonchev–Trinajstić information content (AvgIpc) is 2.90. The van der Waals surface area contributed by atoms with Crippen molar-refractivity contribution >= 4 is 52.5 Å². The standard InChI is InChI=1S/C14H19Cl3N2O4.C4H10/c1-3-4-11(20)18-10(5-6-14(15,16)17)13(22)19-8-9(23-2)7-12(19)21;1-4(2)3/h7,10H,3-6,8H2,1-2H3,(H,18,20);4H,1-3H3. The van der Waals surface area contributed by atoms with Gasteiger partial charge in [-0.25, -0.2) is 0 Å². The Morgan fingerprint density at radius 2 is 1.85 bits per heavy atom. The Bertz CT molecular complexity index is 542. The van der Waals surface area contributed by atoms with E-state index in [-0.39, 0.29) is 31.7 Å². The van der Waals surface area contributed by atoms with Crippen molar-refractivity contribution in [3.63, 3.8) is 0 Å². The number of hydrogen-bond donors (Lipinski definition) is 1. The van der Waals surface area contributed by atoms with Crippen molar-refractivity contribution in [2.45, 2.75) is 63.2 Å². The van der Waals surface area contributed by atoms with Gasteiger partial charge in [-0.05, 0) is 25.2 Å². The number of nitrogens with zero attached hydrogens (tertiary/aromatic N) is 1. The van der Waals surface area contributed by atoms with Crippen LogP contribution in [-0.4, -0.2) is 46.1 Å². The first-order valence-electron chi connectivity index (χ1n) is 8.87. The first-order valence-corrected chi connectivity index (χ1v) is 10.0. The second-order valence-electron chi connectivity index (χ2n) is 6.83. The predicted octanol–water partition coefficient (Wildman–Crippen LogP) is 3.98. The first kappa shape index (κ1) is 26.0. The molecule has 1 aliphatic heterocycles. The van der Waals surface area contributed by atoms with Gasteiger partial charge in [0.25, 0.3) is 11.8 Å². The molecule has 0 aromatic carbocycles. The van der Waals surface area contributed by atoms with E-state index in [4.69, 9.17) is 39.5 Å². The maximum Gasteiger partial charge on any atom is 0.257 e. The van der Waals surface area contributed by atoms with E-state index in [9.17, 15) is 14.4 Å². The quantitative estimate of drug-likeness (QED) is 0.604. The van der Waals surface area contributed by atoms with Gasteiger partial charge >= 0.3 is 0 Å². The summed E-state index contributed by atoms with van der Waals surface area (Å²) in [6.45, 7) is 8.37. The lowest BCUT2D eigenvalue weighted by Crippen LogP contribution is -2.49. The minimum absolute atomic E-state index is 0.0298. The lowest BCUT2D eigenvalue weighted by Gasteiger charge is -2.24. The summed E-state index contributed by atoms with van der Waals surface area (Å²) in [5.41, 5.74) is 0. The molecule has 1 heterocycles. The van der Waals surface area contributed by atoms with Crippen LogP contribution in [0.4, 0.5) is 0 Å². The summed E-state index contributed by atoms with van der Waals surface area (Å²) in [6, 6.07) is -0.932. The maximum atomic E-state index is 12.5. The van der Waals surface area contributed by atoms with Gasteiger partial charge in [0, 0.05) is 12.5 Å². The fourth-order valence-electron chi connectivity index (χ4n) is 2.05. The van der Waals surface area contributed by atoms with Crippen molar-refractivity contribution in [2.75, 3.05) is 13.7 Å². The third-order valence-corrected chi connectivity index (χ3v) is 3.79. The van der Waals surface area contributed by atoms with Crippen LogP contribution in [0.5, 0.6) is 0 Å². The molecule has 156 valence electrons.